The lowest BCUT2D eigenvalue weighted by molar-refractivity contribution is 0.0201. The van der Waals surface area contributed by atoms with Crippen molar-refractivity contribution in [1.29, 1.82) is 0 Å². The van der Waals surface area contributed by atoms with E-state index < -0.39 is 18.0 Å². The molecular weight excluding hydrogens is 328 g/mol. The van der Waals surface area contributed by atoms with Crippen molar-refractivity contribution in [3.8, 4) is 28.7 Å². The van der Waals surface area contributed by atoms with Gasteiger partial charge in [-0.1, -0.05) is 18.2 Å². The van der Waals surface area contributed by atoms with E-state index in [2.05, 4.69) is 0 Å². The smallest absolute Gasteiger partial charge is 0.204 e. The van der Waals surface area contributed by atoms with Gasteiger partial charge in [0.25, 0.3) is 0 Å². The van der Waals surface area contributed by atoms with E-state index in [0.29, 0.717) is 11.3 Å². The first-order chi connectivity index (χ1) is 12.0. The Morgan fingerprint density at radius 3 is 2.32 bits per heavy atom. The number of aliphatic hydroxyl groups is 1. The maximum Gasteiger partial charge on any atom is 0.204 e. The number of ketones is 1. The number of phenolic OH excluding ortho intramolecular Hbond substituents is 1. The van der Waals surface area contributed by atoms with Crippen molar-refractivity contribution in [2.45, 2.75) is 12.2 Å². The Hall–Kier alpha value is -2.93. The minimum absolute atomic E-state index is 0.0688. The van der Waals surface area contributed by atoms with E-state index in [1.807, 2.05) is 0 Å². The van der Waals surface area contributed by atoms with Gasteiger partial charge in [-0.2, -0.15) is 0 Å². The highest BCUT2D eigenvalue weighted by atomic mass is 16.5. The molecule has 1 aliphatic heterocycles. The molecule has 1 heterocycles. The van der Waals surface area contributed by atoms with Crippen LogP contribution in [0, 0.1) is 0 Å². The van der Waals surface area contributed by atoms with Crippen LogP contribution in [-0.2, 0) is 0 Å². The highest BCUT2D eigenvalue weighted by Crippen LogP contribution is 2.49. The number of aliphatic hydroxyl groups excluding tert-OH is 1. The number of carbonyl (C=O) groups excluding carboxylic acids is 1. The molecule has 0 aromatic heterocycles. The summed E-state index contributed by atoms with van der Waals surface area (Å²) in [7, 11) is 4.25. The maximum absolute atomic E-state index is 12.8. The van der Waals surface area contributed by atoms with Crippen LogP contribution in [0.4, 0.5) is 0 Å². The van der Waals surface area contributed by atoms with Gasteiger partial charge >= 0.3 is 0 Å². The van der Waals surface area contributed by atoms with Gasteiger partial charge in [0, 0.05) is 11.6 Å². The fourth-order valence-electron chi connectivity index (χ4n) is 2.91. The van der Waals surface area contributed by atoms with Gasteiger partial charge in [-0.3, -0.25) is 4.79 Å². The number of aromatic hydroxyl groups is 1. The number of hydrogen-bond donors (Lipinski definition) is 2. The molecule has 0 radical (unpaired) electrons. The Kier molecular flexibility index (Phi) is 4.41. The molecule has 0 bridgehead atoms. The Morgan fingerprint density at radius 1 is 1.04 bits per heavy atom. The lowest BCUT2D eigenvalue weighted by Gasteiger charge is -2.31. The molecule has 2 aromatic rings. The van der Waals surface area contributed by atoms with Gasteiger partial charge in [0.15, 0.2) is 23.7 Å². The zero-order valence-corrected chi connectivity index (χ0v) is 14.0. The third-order valence-electron chi connectivity index (χ3n) is 4.09. The second kappa shape index (κ2) is 6.52. The number of Topliss-reactive ketones (excluding diaryl/α,β-unsaturated/α-hetero) is 1. The van der Waals surface area contributed by atoms with Crippen molar-refractivity contribution in [1.82, 2.24) is 0 Å². The zero-order valence-electron chi connectivity index (χ0n) is 14.0. The van der Waals surface area contributed by atoms with Gasteiger partial charge < -0.3 is 29.2 Å². The van der Waals surface area contributed by atoms with E-state index in [-0.39, 0.29) is 28.6 Å². The van der Waals surface area contributed by atoms with Crippen LogP contribution in [-0.4, -0.2) is 43.4 Å². The summed E-state index contributed by atoms with van der Waals surface area (Å²) in [6.45, 7) is 0. The Balaban J connectivity index is 2.17. The van der Waals surface area contributed by atoms with Crippen LogP contribution in [0.15, 0.2) is 30.3 Å². The molecule has 0 spiro atoms. The van der Waals surface area contributed by atoms with E-state index in [0.717, 1.165) is 0 Å². The van der Waals surface area contributed by atoms with E-state index in [4.69, 9.17) is 18.9 Å². The summed E-state index contributed by atoms with van der Waals surface area (Å²) in [6, 6.07) is 7.86. The van der Waals surface area contributed by atoms with E-state index >= 15 is 0 Å². The third-order valence-corrected chi connectivity index (χ3v) is 4.09. The van der Waals surface area contributed by atoms with Crippen molar-refractivity contribution >= 4 is 5.78 Å². The molecule has 25 heavy (non-hydrogen) atoms. The van der Waals surface area contributed by atoms with Crippen LogP contribution >= 0.6 is 0 Å². The molecule has 2 N–H and O–H groups in total. The van der Waals surface area contributed by atoms with Crippen LogP contribution in [0.5, 0.6) is 28.7 Å². The molecule has 132 valence electrons. The number of hydrogen-bond acceptors (Lipinski definition) is 7. The minimum atomic E-state index is -1.51. The van der Waals surface area contributed by atoms with Crippen LogP contribution < -0.4 is 18.9 Å². The predicted octanol–water partition coefficient (Wildman–Crippen LogP) is 2.10. The molecule has 0 aliphatic carbocycles. The fourth-order valence-corrected chi connectivity index (χ4v) is 2.91. The van der Waals surface area contributed by atoms with E-state index in [1.54, 1.807) is 18.2 Å². The number of rotatable bonds is 4. The molecule has 2 aromatic carbocycles. The summed E-state index contributed by atoms with van der Waals surface area (Å²) in [6.07, 6.45) is -2.56. The predicted molar refractivity (Wildman–Crippen MR) is 87.9 cm³/mol. The summed E-state index contributed by atoms with van der Waals surface area (Å²) in [5.74, 6) is 0.185. The number of phenols is 1. The SMILES string of the molecule is COc1cc2c(c(OC)c1OC)C(=O)[C@H](O)[C@H](c1ccccc1O)O2. The highest BCUT2D eigenvalue weighted by molar-refractivity contribution is 6.06. The first-order valence-corrected chi connectivity index (χ1v) is 7.53. The number of ether oxygens (including phenoxy) is 4. The quantitative estimate of drug-likeness (QED) is 0.875. The van der Waals surface area contributed by atoms with Crippen LogP contribution in [0.1, 0.15) is 22.0 Å². The maximum atomic E-state index is 12.8. The van der Waals surface area contributed by atoms with Crippen molar-refractivity contribution < 1.29 is 34.0 Å². The molecule has 0 saturated carbocycles. The monoisotopic (exact) mass is 346 g/mol. The number of para-hydroxylation sites is 1. The molecule has 2 atom stereocenters. The van der Waals surface area contributed by atoms with Gasteiger partial charge in [0.2, 0.25) is 11.5 Å². The molecule has 7 nitrogen and oxygen atoms in total. The van der Waals surface area contributed by atoms with Crippen LogP contribution in [0.25, 0.3) is 0 Å². The van der Waals surface area contributed by atoms with Gasteiger partial charge in [-0.25, -0.2) is 0 Å². The number of fused-ring (bicyclic) bond motifs is 1. The molecule has 3 rings (SSSR count). The van der Waals surface area contributed by atoms with Crippen molar-refractivity contribution in [3.63, 3.8) is 0 Å². The van der Waals surface area contributed by atoms with Gasteiger partial charge in [0.1, 0.15) is 17.1 Å². The van der Waals surface area contributed by atoms with Crippen molar-refractivity contribution in [2.24, 2.45) is 0 Å². The van der Waals surface area contributed by atoms with Gasteiger partial charge in [-0.15, -0.1) is 0 Å². The first kappa shape index (κ1) is 16.9. The molecular formula is C18H18O7. The van der Waals surface area contributed by atoms with Gasteiger partial charge in [-0.05, 0) is 6.07 Å². The summed E-state index contributed by atoms with van der Waals surface area (Å²) in [4.78, 5) is 12.8. The number of carbonyl (C=O) groups is 1. The van der Waals surface area contributed by atoms with E-state index in [1.165, 1.54) is 33.5 Å². The molecule has 0 unspecified atom stereocenters. The average molecular weight is 346 g/mol. The second-order valence-corrected chi connectivity index (χ2v) is 5.42. The Labute approximate surface area is 144 Å². The topological polar surface area (TPSA) is 94.5 Å². The molecule has 0 amide bonds. The lowest BCUT2D eigenvalue weighted by Crippen LogP contribution is -2.36. The lowest BCUT2D eigenvalue weighted by atomic mass is 9.92. The average Bonchev–Trinajstić information content (AvgIpc) is 2.63. The third kappa shape index (κ3) is 2.62. The molecule has 0 saturated heterocycles. The van der Waals surface area contributed by atoms with Gasteiger partial charge in [0.05, 0.1) is 21.3 Å². The standard InChI is InChI=1S/C18H18O7/c1-22-12-8-11-13(18(24-3)17(12)23-2)14(20)15(21)16(25-11)9-6-4-5-7-10(9)19/h4-8,15-16,19,21H,1-3H3/t15-,16-/m0/s1. The first-order valence-electron chi connectivity index (χ1n) is 7.53. The van der Waals surface area contributed by atoms with Crippen LogP contribution in [0.3, 0.4) is 0 Å². The van der Waals surface area contributed by atoms with Crippen LogP contribution in [0.2, 0.25) is 0 Å². The van der Waals surface area contributed by atoms with E-state index in [9.17, 15) is 15.0 Å². The summed E-state index contributed by atoms with van der Waals surface area (Å²) in [5, 5.41) is 20.5. The normalized spacial score (nSPS) is 19.0. The summed E-state index contributed by atoms with van der Waals surface area (Å²) < 4.78 is 21.6. The summed E-state index contributed by atoms with van der Waals surface area (Å²) >= 11 is 0. The number of benzene rings is 2. The fraction of sp³-hybridized carbons (Fsp3) is 0.278. The largest absolute Gasteiger partial charge is 0.508 e. The number of methoxy groups -OCH3 is 3. The molecule has 1 aliphatic rings. The second-order valence-electron chi connectivity index (χ2n) is 5.42. The highest BCUT2D eigenvalue weighted by Gasteiger charge is 2.41. The zero-order chi connectivity index (χ0) is 18.1. The minimum Gasteiger partial charge on any atom is -0.508 e. The molecule has 0 fully saturated rings. The summed E-state index contributed by atoms with van der Waals surface area (Å²) in [5.41, 5.74) is 0.377. The van der Waals surface area contributed by atoms with Crippen molar-refractivity contribution in [3.05, 3.63) is 41.5 Å². The van der Waals surface area contributed by atoms with Crippen molar-refractivity contribution in [2.75, 3.05) is 21.3 Å². The Morgan fingerprint density at radius 2 is 1.72 bits per heavy atom. The Bertz CT molecular complexity index is 815. The molecule has 7 heteroatoms.